The Balaban J connectivity index is 2.05. The Hall–Kier alpha value is -0.0800. The highest BCUT2D eigenvalue weighted by Crippen LogP contribution is 2.20. The SMILES string of the molecule is CCC1CCCN(CCCCNC(C)(C)C)CC1. The summed E-state index contributed by atoms with van der Waals surface area (Å²) in [5.41, 5.74) is 0.275. The molecule has 1 N–H and O–H groups in total. The minimum Gasteiger partial charge on any atom is -0.312 e. The van der Waals surface area contributed by atoms with Crippen LogP contribution in [0.5, 0.6) is 0 Å². The van der Waals surface area contributed by atoms with E-state index in [-0.39, 0.29) is 5.54 Å². The van der Waals surface area contributed by atoms with E-state index < -0.39 is 0 Å². The molecule has 2 nitrogen and oxygen atoms in total. The molecule has 2 heteroatoms. The van der Waals surface area contributed by atoms with Gasteiger partial charge in [-0.1, -0.05) is 13.3 Å². The maximum atomic E-state index is 3.57. The van der Waals surface area contributed by atoms with E-state index in [9.17, 15) is 0 Å². The van der Waals surface area contributed by atoms with Gasteiger partial charge in [-0.05, 0) is 85.0 Å². The van der Waals surface area contributed by atoms with E-state index in [1.165, 1.54) is 58.2 Å². The van der Waals surface area contributed by atoms with Crippen molar-refractivity contribution in [2.24, 2.45) is 5.92 Å². The maximum Gasteiger partial charge on any atom is 0.00965 e. The summed E-state index contributed by atoms with van der Waals surface area (Å²) in [5, 5.41) is 3.57. The Kier molecular flexibility index (Phi) is 7.25. The van der Waals surface area contributed by atoms with E-state index in [1.54, 1.807) is 0 Å². The van der Waals surface area contributed by atoms with E-state index >= 15 is 0 Å². The normalized spacial score (nSPS) is 23.0. The Morgan fingerprint density at radius 3 is 2.56 bits per heavy atom. The first-order valence-electron chi connectivity index (χ1n) is 7.98. The maximum absolute atomic E-state index is 3.57. The molecule has 1 unspecified atom stereocenters. The molecule has 0 bridgehead atoms. The average molecular weight is 254 g/mol. The number of likely N-dealkylation sites (tertiary alicyclic amines) is 1. The third-order valence-electron chi connectivity index (χ3n) is 4.07. The first kappa shape index (κ1) is 16.0. The van der Waals surface area contributed by atoms with Crippen molar-refractivity contribution in [1.29, 1.82) is 0 Å². The number of rotatable bonds is 6. The van der Waals surface area contributed by atoms with E-state index in [4.69, 9.17) is 0 Å². The fraction of sp³-hybridized carbons (Fsp3) is 1.00. The van der Waals surface area contributed by atoms with E-state index in [1.807, 2.05) is 0 Å². The second-order valence-corrected chi connectivity index (χ2v) is 6.93. The van der Waals surface area contributed by atoms with E-state index in [0.717, 1.165) is 12.5 Å². The van der Waals surface area contributed by atoms with E-state index in [2.05, 4.69) is 37.9 Å². The van der Waals surface area contributed by atoms with Gasteiger partial charge in [-0.25, -0.2) is 0 Å². The molecule has 1 heterocycles. The zero-order valence-electron chi connectivity index (χ0n) is 13.1. The number of hydrogen-bond acceptors (Lipinski definition) is 2. The number of nitrogens with one attached hydrogen (secondary N) is 1. The van der Waals surface area contributed by atoms with Crippen LogP contribution in [0.25, 0.3) is 0 Å². The van der Waals surface area contributed by atoms with Crippen LogP contribution >= 0.6 is 0 Å². The minimum absolute atomic E-state index is 0.275. The van der Waals surface area contributed by atoms with Gasteiger partial charge in [-0.15, -0.1) is 0 Å². The van der Waals surface area contributed by atoms with Crippen LogP contribution in [0.4, 0.5) is 0 Å². The highest BCUT2D eigenvalue weighted by atomic mass is 15.1. The van der Waals surface area contributed by atoms with Gasteiger partial charge < -0.3 is 10.2 Å². The van der Waals surface area contributed by atoms with Crippen LogP contribution in [0.1, 0.15) is 66.2 Å². The van der Waals surface area contributed by atoms with Gasteiger partial charge in [-0.2, -0.15) is 0 Å². The summed E-state index contributed by atoms with van der Waals surface area (Å²) >= 11 is 0. The Morgan fingerprint density at radius 1 is 1.11 bits per heavy atom. The van der Waals surface area contributed by atoms with Crippen LogP contribution in [-0.4, -0.2) is 36.6 Å². The second-order valence-electron chi connectivity index (χ2n) is 6.93. The molecular weight excluding hydrogens is 220 g/mol. The van der Waals surface area contributed by atoms with Crippen molar-refractivity contribution in [3.63, 3.8) is 0 Å². The van der Waals surface area contributed by atoms with Gasteiger partial charge in [0.25, 0.3) is 0 Å². The number of unbranched alkanes of at least 4 members (excludes halogenated alkanes) is 1. The quantitative estimate of drug-likeness (QED) is 0.728. The predicted octanol–water partition coefficient (Wildman–Crippen LogP) is 3.67. The molecule has 0 aromatic rings. The third kappa shape index (κ3) is 7.38. The van der Waals surface area contributed by atoms with Gasteiger partial charge in [0.2, 0.25) is 0 Å². The third-order valence-corrected chi connectivity index (χ3v) is 4.07. The molecular formula is C16H34N2. The molecule has 0 radical (unpaired) electrons. The van der Waals surface area contributed by atoms with Crippen LogP contribution in [0.3, 0.4) is 0 Å². The van der Waals surface area contributed by atoms with E-state index in [0.29, 0.717) is 0 Å². The fourth-order valence-electron chi connectivity index (χ4n) is 2.78. The van der Waals surface area contributed by atoms with Crippen LogP contribution in [0.2, 0.25) is 0 Å². The molecule has 1 rings (SSSR count). The summed E-state index contributed by atoms with van der Waals surface area (Å²) in [6.45, 7) is 14.2. The van der Waals surface area contributed by atoms with Gasteiger partial charge in [0.05, 0.1) is 0 Å². The van der Waals surface area contributed by atoms with Gasteiger partial charge >= 0.3 is 0 Å². The van der Waals surface area contributed by atoms with Crippen LogP contribution in [0, 0.1) is 5.92 Å². The van der Waals surface area contributed by atoms with Gasteiger partial charge in [-0.3, -0.25) is 0 Å². The Bertz CT molecular complexity index is 208. The van der Waals surface area contributed by atoms with Crippen molar-refractivity contribution in [2.45, 2.75) is 71.8 Å². The largest absolute Gasteiger partial charge is 0.312 e. The van der Waals surface area contributed by atoms with Gasteiger partial charge in [0.1, 0.15) is 0 Å². The number of nitrogens with zero attached hydrogens (tertiary/aromatic N) is 1. The van der Waals surface area contributed by atoms with Crippen molar-refractivity contribution in [3.05, 3.63) is 0 Å². The monoisotopic (exact) mass is 254 g/mol. The summed E-state index contributed by atoms with van der Waals surface area (Å²) in [6, 6.07) is 0. The van der Waals surface area contributed by atoms with Crippen molar-refractivity contribution in [1.82, 2.24) is 10.2 Å². The summed E-state index contributed by atoms with van der Waals surface area (Å²) in [6.07, 6.45) is 8.34. The molecule has 0 aromatic heterocycles. The van der Waals surface area contributed by atoms with Crippen LogP contribution in [-0.2, 0) is 0 Å². The molecule has 0 aliphatic carbocycles. The molecule has 1 atom stereocenters. The van der Waals surface area contributed by atoms with Crippen LogP contribution in [0.15, 0.2) is 0 Å². The summed E-state index contributed by atoms with van der Waals surface area (Å²) in [5.74, 6) is 0.998. The summed E-state index contributed by atoms with van der Waals surface area (Å²) in [4.78, 5) is 2.69. The topological polar surface area (TPSA) is 15.3 Å². The molecule has 0 amide bonds. The van der Waals surface area contributed by atoms with Gasteiger partial charge in [0, 0.05) is 5.54 Å². The second kappa shape index (κ2) is 8.16. The van der Waals surface area contributed by atoms with Crippen molar-refractivity contribution in [2.75, 3.05) is 26.2 Å². The smallest absolute Gasteiger partial charge is 0.00965 e. The van der Waals surface area contributed by atoms with Crippen LogP contribution < -0.4 is 5.32 Å². The minimum atomic E-state index is 0.275. The van der Waals surface area contributed by atoms with Crippen molar-refractivity contribution >= 4 is 0 Å². The zero-order valence-corrected chi connectivity index (χ0v) is 13.1. The molecule has 1 saturated heterocycles. The lowest BCUT2D eigenvalue weighted by Gasteiger charge is -2.22. The Morgan fingerprint density at radius 2 is 1.89 bits per heavy atom. The van der Waals surface area contributed by atoms with Crippen molar-refractivity contribution < 1.29 is 0 Å². The standard InChI is InChI=1S/C16H34N2/c1-5-15-9-8-13-18(14-10-15)12-7-6-11-17-16(2,3)4/h15,17H,5-14H2,1-4H3. The molecule has 0 spiro atoms. The van der Waals surface area contributed by atoms with Gasteiger partial charge in [0.15, 0.2) is 0 Å². The highest BCUT2D eigenvalue weighted by Gasteiger charge is 2.15. The molecule has 1 fully saturated rings. The summed E-state index contributed by atoms with van der Waals surface area (Å²) < 4.78 is 0. The average Bonchev–Trinajstić information content (AvgIpc) is 2.52. The molecule has 1 aliphatic rings. The molecule has 108 valence electrons. The first-order chi connectivity index (χ1) is 8.51. The lowest BCUT2D eigenvalue weighted by atomic mass is 9.98. The lowest BCUT2D eigenvalue weighted by Crippen LogP contribution is -2.36. The number of hydrogen-bond donors (Lipinski definition) is 1. The Labute approximate surface area is 115 Å². The predicted molar refractivity (Wildman–Crippen MR) is 81.1 cm³/mol. The first-order valence-corrected chi connectivity index (χ1v) is 7.98. The summed E-state index contributed by atoms with van der Waals surface area (Å²) in [7, 11) is 0. The highest BCUT2D eigenvalue weighted by molar-refractivity contribution is 4.71. The molecule has 18 heavy (non-hydrogen) atoms. The zero-order chi connectivity index (χ0) is 13.4. The van der Waals surface area contributed by atoms with Crippen molar-refractivity contribution in [3.8, 4) is 0 Å². The molecule has 0 saturated carbocycles. The molecule has 1 aliphatic heterocycles. The lowest BCUT2D eigenvalue weighted by molar-refractivity contribution is 0.272. The fourth-order valence-corrected chi connectivity index (χ4v) is 2.78. The molecule has 0 aromatic carbocycles.